The number of nitrogens with zero attached hydrogens (tertiary/aromatic N) is 4. The van der Waals surface area contributed by atoms with Crippen molar-refractivity contribution in [3.8, 4) is 67.0 Å². The molecule has 0 spiro atoms. The van der Waals surface area contributed by atoms with Crippen LogP contribution in [0.25, 0.3) is 67.0 Å². The second-order valence-electron chi connectivity index (χ2n) is 16.8. The van der Waals surface area contributed by atoms with Crippen molar-refractivity contribution >= 4 is 0 Å². The molecule has 3 atom stereocenters. The summed E-state index contributed by atoms with van der Waals surface area (Å²) in [7, 11) is 0. The van der Waals surface area contributed by atoms with Gasteiger partial charge in [0.2, 0.25) is 11.4 Å². The molecule has 6 heterocycles. The second-order valence-corrected chi connectivity index (χ2v) is 16.8. The molecule has 4 aromatic heterocycles. The average molecular weight is 781 g/mol. The summed E-state index contributed by atoms with van der Waals surface area (Å²) < 4.78 is 5.21. The van der Waals surface area contributed by atoms with Crippen molar-refractivity contribution in [1.82, 2.24) is 9.97 Å². The van der Waals surface area contributed by atoms with Crippen LogP contribution in [0.1, 0.15) is 75.1 Å². The van der Waals surface area contributed by atoms with Crippen LogP contribution in [0.3, 0.4) is 0 Å². The van der Waals surface area contributed by atoms with E-state index in [1.807, 2.05) is 36.9 Å². The van der Waals surface area contributed by atoms with Crippen LogP contribution in [0, 0.1) is 0 Å². The lowest BCUT2D eigenvalue weighted by Crippen LogP contribution is -2.60. The van der Waals surface area contributed by atoms with E-state index in [-0.39, 0.29) is 11.3 Å². The number of hydrogen-bond donors (Lipinski definition) is 0. The maximum Gasteiger partial charge on any atom is 0.213 e. The molecule has 294 valence electrons. The maximum absolute atomic E-state index is 4.44. The van der Waals surface area contributed by atoms with Crippen molar-refractivity contribution in [2.45, 2.75) is 76.8 Å². The Morgan fingerprint density at radius 2 is 1.25 bits per heavy atom. The minimum atomic E-state index is -0.117. The molecule has 0 radical (unpaired) electrons. The van der Waals surface area contributed by atoms with E-state index in [9.17, 15) is 0 Å². The summed E-state index contributed by atoms with van der Waals surface area (Å²) in [5, 5.41) is 0. The third kappa shape index (κ3) is 6.46. The van der Waals surface area contributed by atoms with E-state index in [0.29, 0.717) is 6.04 Å². The van der Waals surface area contributed by atoms with Gasteiger partial charge in [-0.3, -0.25) is 9.97 Å². The molecule has 60 heavy (non-hydrogen) atoms. The largest absolute Gasteiger partial charge is 0.264 e. The summed E-state index contributed by atoms with van der Waals surface area (Å²) in [6, 6.07) is 52.6. The van der Waals surface area contributed by atoms with Gasteiger partial charge in [-0.2, -0.15) is 9.13 Å². The Bertz CT molecular complexity index is 2770. The van der Waals surface area contributed by atoms with Gasteiger partial charge in [0.1, 0.15) is 0 Å². The van der Waals surface area contributed by atoms with Gasteiger partial charge in [0, 0.05) is 66.1 Å². The van der Waals surface area contributed by atoms with Gasteiger partial charge in [0.25, 0.3) is 0 Å². The third-order valence-electron chi connectivity index (χ3n) is 13.6. The van der Waals surface area contributed by atoms with Gasteiger partial charge >= 0.3 is 0 Å². The fraction of sp³-hybridized carbons (Fsp3) is 0.214. The van der Waals surface area contributed by atoms with Gasteiger partial charge in [0.15, 0.2) is 25.0 Å². The number of rotatable bonds is 10. The quantitative estimate of drug-likeness (QED) is 0.130. The second kappa shape index (κ2) is 15.9. The summed E-state index contributed by atoms with van der Waals surface area (Å²) in [4.78, 5) is 8.89. The van der Waals surface area contributed by atoms with Crippen molar-refractivity contribution in [2.75, 3.05) is 0 Å². The van der Waals surface area contributed by atoms with Crippen LogP contribution < -0.4 is 9.13 Å². The number of benzene rings is 4. The van der Waals surface area contributed by atoms with E-state index in [2.05, 4.69) is 180 Å². The van der Waals surface area contributed by atoms with E-state index in [4.69, 9.17) is 0 Å². The van der Waals surface area contributed by atoms with Gasteiger partial charge < -0.3 is 0 Å². The lowest BCUT2D eigenvalue weighted by molar-refractivity contribution is -0.732. The highest BCUT2D eigenvalue weighted by atomic mass is 15.1. The molecule has 0 bridgehead atoms. The first-order valence-electron chi connectivity index (χ1n) is 21.9. The molecule has 8 aromatic rings. The fourth-order valence-corrected chi connectivity index (χ4v) is 10.7. The summed E-state index contributed by atoms with van der Waals surface area (Å²) >= 11 is 0. The molecule has 10 rings (SSSR count). The predicted molar refractivity (Wildman–Crippen MR) is 244 cm³/mol. The first-order valence-corrected chi connectivity index (χ1v) is 21.9. The van der Waals surface area contributed by atoms with Crippen LogP contribution in [0.2, 0.25) is 0 Å². The molecule has 0 N–H and O–H groups in total. The van der Waals surface area contributed by atoms with E-state index in [1.165, 1.54) is 68.7 Å². The molecule has 3 unspecified atom stereocenters. The molecular formula is C56H52N4+2. The zero-order valence-electron chi connectivity index (χ0n) is 34.9. The van der Waals surface area contributed by atoms with E-state index in [0.717, 1.165) is 53.6 Å². The Morgan fingerprint density at radius 3 is 1.95 bits per heavy atom. The van der Waals surface area contributed by atoms with Gasteiger partial charge in [0.05, 0.1) is 22.5 Å². The van der Waals surface area contributed by atoms with Crippen molar-refractivity contribution in [2.24, 2.45) is 0 Å². The minimum Gasteiger partial charge on any atom is -0.264 e. The number of aromatic nitrogens is 4. The monoisotopic (exact) mass is 780 g/mol. The molecule has 2 aliphatic rings. The number of unbranched alkanes of at least 4 members (excludes halogenated alkanes) is 1. The summed E-state index contributed by atoms with van der Waals surface area (Å²) in [5.41, 5.74) is 18.8. The highest BCUT2D eigenvalue weighted by molar-refractivity contribution is 5.83. The standard InChI is InChI=1S/C56H52N4/c1-4-7-15-39-23-26-54-49-20-8-9-21-51(49)56(6-3,55(5-2)60(54)37-39)52-38-59-29-11-10-22-53(59)50-34-42(24-25-48(50)52)40-16-12-17-41(30-40)45-31-46(43-18-13-27-57-35-43)33-47(32-45)44-19-14-28-58-36-44/h8-14,16-37,52,55H,4-7,15,38H2,1-3H3/q+2. The van der Waals surface area contributed by atoms with Crippen LogP contribution in [0.4, 0.5) is 0 Å². The zero-order chi connectivity index (χ0) is 40.6. The molecule has 0 fully saturated rings. The topological polar surface area (TPSA) is 33.5 Å². The fourth-order valence-electron chi connectivity index (χ4n) is 10.7. The van der Waals surface area contributed by atoms with Crippen LogP contribution >= 0.6 is 0 Å². The first kappa shape index (κ1) is 37.7. The normalized spacial score (nSPS) is 17.6. The predicted octanol–water partition coefficient (Wildman–Crippen LogP) is 12.8. The van der Waals surface area contributed by atoms with Gasteiger partial charge in [-0.25, -0.2) is 0 Å². The van der Waals surface area contributed by atoms with E-state index in [1.54, 1.807) is 0 Å². The van der Waals surface area contributed by atoms with Crippen molar-refractivity contribution < 1.29 is 9.13 Å². The molecule has 4 aromatic carbocycles. The SMILES string of the molecule is CCCCc1ccc2[n+](c1)C(CC)C(CC)(C1C[n+]3ccccc3-c3cc(-c4cccc(-c5cc(-c6cccnc6)cc(-c6cccnc6)c5)c4)ccc31)c1ccccc1-2. The van der Waals surface area contributed by atoms with Crippen LogP contribution in [-0.2, 0) is 18.4 Å². The lowest BCUT2D eigenvalue weighted by atomic mass is 9.57. The molecular weight excluding hydrogens is 729 g/mol. The summed E-state index contributed by atoms with van der Waals surface area (Å²) in [6.07, 6.45) is 18.0. The minimum absolute atomic E-state index is 0.117. The lowest BCUT2D eigenvalue weighted by Gasteiger charge is -2.47. The van der Waals surface area contributed by atoms with E-state index >= 15 is 0 Å². The average Bonchev–Trinajstić information content (AvgIpc) is 3.32. The van der Waals surface area contributed by atoms with Gasteiger partial charge in [-0.15, -0.1) is 0 Å². The van der Waals surface area contributed by atoms with Gasteiger partial charge in [-0.1, -0.05) is 87.9 Å². The maximum atomic E-state index is 4.44. The first-order chi connectivity index (χ1) is 29.6. The van der Waals surface area contributed by atoms with Crippen molar-refractivity contribution in [3.05, 3.63) is 193 Å². The molecule has 2 aliphatic heterocycles. The Kier molecular flexibility index (Phi) is 10.0. The molecule has 4 heteroatoms. The summed E-state index contributed by atoms with van der Waals surface area (Å²) in [5.74, 6) is 0.268. The Labute approximate surface area is 354 Å². The van der Waals surface area contributed by atoms with Crippen LogP contribution in [0.15, 0.2) is 177 Å². The highest BCUT2D eigenvalue weighted by Gasteiger charge is 2.57. The van der Waals surface area contributed by atoms with Crippen LogP contribution in [-0.4, -0.2) is 9.97 Å². The zero-order valence-corrected chi connectivity index (χ0v) is 34.9. The van der Waals surface area contributed by atoms with Crippen LogP contribution in [0.5, 0.6) is 0 Å². The number of fused-ring (bicyclic) bond motifs is 6. The summed E-state index contributed by atoms with van der Waals surface area (Å²) in [6.45, 7) is 8.08. The molecule has 0 saturated heterocycles. The van der Waals surface area contributed by atoms with E-state index < -0.39 is 0 Å². The highest BCUT2D eigenvalue weighted by Crippen LogP contribution is 2.56. The number of hydrogen-bond acceptors (Lipinski definition) is 2. The number of aryl methyl sites for hydroxylation is 1. The number of pyridine rings is 4. The van der Waals surface area contributed by atoms with Crippen molar-refractivity contribution in [3.63, 3.8) is 0 Å². The smallest absolute Gasteiger partial charge is 0.213 e. The third-order valence-corrected chi connectivity index (χ3v) is 13.6. The Hall–Kier alpha value is -6.52. The van der Waals surface area contributed by atoms with Crippen molar-refractivity contribution in [1.29, 1.82) is 0 Å². The molecule has 0 saturated carbocycles. The Balaban J connectivity index is 1.10. The van der Waals surface area contributed by atoms with Gasteiger partial charge in [-0.05, 0) is 124 Å². The Morgan fingerprint density at radius 1 is 0.583 bits per heavy atom. The molecule has 4 nitrogen and oxygen atoms in total. The molecule has 0 aliphatic carbocycles. The molecule has 0 amide bonds.